The third-order valence-electron chi connectivity index (χ3n) is 5.90. The summed E-state index contributed by atoms with van der Waals surface area (Å²) in [5.41, 5.74) is 1.35. The summed E-state index contributed by atoms with van der Waals surface area (Å²) in [4.78, 5) is 27.4. The second-order valence-electron chi connectivity index (χ2n) is 7.94. The van der Waals surface area contributed by atoms with Crippen molar-refractivity contribution in [2.45, 2.75) is 63.2 Å². The number of nitrogens with one attached hydrogen (secondary N) is 2. The van der Waals surface area contributed by atoms with Crippen LogP contribution in [-0.4, -0.2) is 24.9 Å². The van der Waals surface area contributed by atoms with E-state index in [0.717, 1.165) is 35.5 Å². The maximum absolute atomic E-state index is 12.8. The summed E-state index contributed by atoms with van der Waals surface area (Å²) in [6, 6.07) is 15.3. The van der Waals surface area contributed by atoms with Gasteiger partial charge in [-0.2, -0.15) is 0 Å². The van der Waals surface area contributed by atoms with Gasteiger partial charge in [0.1, 0.15) is 0 Å². The van der Waals surface area contributed by atoms with E-state index < -0.39 is 0 Å². The average molecular weight is 473 g/mol. The first-order valence-corrected chi connectivity index (χ1v) is 13.8. The lowest BCUT2D eigenvalue weighted by Crippen LogP contribution is -2.29. The van der Waals surface area contributed by atoms with Gasteiger partial charge in [-0.1, -0.05) is 99.2 Å². The molecular weight excluding hydrogens is 436 g/mol. The zero-order valence-electron chi connectivity index (χ0n) is 19.6. The predicted octanol–water partition coefficient (Wildman–Crippen LogP) is 6.82. The Balaban J connectivity index is 2.07. The van der Waals surface area contributed by atoms with Crippen LogP contribution in [0.4, 0.5) is 0 Å². The molecule has 2 aromatic carbocycles. The predicted molar refractivity (Wildman–Crippen MR) is 137 cm³/mol. The van der Waals surface area contributed by atoms with Crippen LogP contribution >= 0.6 is 21.6 Å². The second kappa shape index (κ2) is 14.3. The number of benzene rings is 2. The average Bonchev–Trinajstić information content (AvgIpc) is 2.84. The Morgan fingerprint density at radius 3 is 1.34 bits per heavy atom. The molecule has 0 aliphatic carbocycles. The van der Waals surface area contributed by atoms with Crippen molar-refractivity contribution in [2.24, 2.45) is 11.8 Å². The third-order valence-corrected chi connectivity index (χ3v) is 8.38. The second-order valence-corrected chi connectivity index (χ2v) is 10.2. The first-order chi connectivity index (χ1) is 15.5. The van der Waals surface area contributed by atoms with E-state index >= 15 is 0 Å². The van der Waals surface area contributed by atoms with E-state index in [2.05, 4.69) is 38.3 Å². The molecule has 0 atom stereocenters. The van der Waals surface area contributed by atoms with Crippen molar-refractivity contribution in [2.75, 3.05) is 13.1 Å². The summed E-state index contributed by atoms with van der Waals surface area (Å²) >= 11 is 0. The van der Waals surface area contributed by atoms with Gasteiger partial charge in [-0.25, -0.2) is 0 Å². The van der Waals surface area contributed by atoms with Crippen LogP contribution < -0.4 is 10.6 Å². The number of carbonyl (C=O) groups is 2. The standard InChI is InChI=1S/C26H36N2O2S2/c1-5-19(6-2)17-27-25(29)21-13-9-11-15-23(21)31-32-24-16-12-10-14-22(24)26(30)28-18-20(7-3)8-4/h9-16,19-20H,5-8,17-18H2,1-4H3,(H,27,29)(H,28,30). The molecule has 0 saturated heterocycles. The molecule has 174 valence electrons. The van der Waals surface area contributed by atoms with Crippen molar-refractivity contribution in [1.29, 1.82) is 0 Å². The van der Waals surface area contributed by atoms with Crippen LogP contribution in [0.2, 0.25) is 0 Å². The molecule has 0 saturated carbocycles. The van der Waals surface area contributed by atoms with Crippen LogP contribution in [0.1, 0.15) is 74.1 Å². The van der Waals surface area contributed by atoms with Gasteiger partial charge in [0, 0.05) is 22.9 Å². The molecule has 2 aromatic rings. The highest BCUT2D eigenvalue weighted by molar-refractivity contribution is 8.76. The van der Waals surface area contributed by atoms with E-state index in [1.54, 1.807) is 0 Å². The van der Waals surface area contributed by atoms with Crippen LogP contribution in [-0.2, 0) is 0 Å². The Kier molecular flexibility index (Phi) is 11.7. The Hall–Kier alpha value is -1.92. The van der Waals surface area contributed by atoms with Crippen molar-refractivity contribution in [3.63, 3.8) is 0 Å². The highest BCUT2D eigenvalue weighted by atomic mass is 33.1. The first-order valence-electron chi connectivity index (χ1n) is 11.6. The minimum absolute atomic E-state index is 0.0446. The Morgan fingerprint density at radius 1 is 0.656 bits per heavy atom. The van der Waals surface area contributed by atoms with Gasteiger partial charge in [0.05, 0.1) is 11.1 Å². The van der Waals surface area contributed by atoms with Gasteiger partial charge in [-0.05, 0) is 36.1 Å². The lowest BCUT2D eigenvalue weighted by molar-refractivity contribution is 0.0935. The van der Waals surface area contributed by atoms with Crippen molar-refractivity contribution < 1.29 is 9.59 Å². The molecule has 0 fully saturated rings. The van der Waals surface area contributed by atoms with E-state index in [9.17, 15) is 9.59 Å². The maximum Gasteiger partial charge on any atom is 0.252 e. The fourth-order valence-electron chi connectivity index (χ4n) is 3.36. The molecule has 0 bridgehead atoms. The minimum Gasteiger partial charge on any atom is -0.352 e. The van der Waals surface area contributed by atoms with Crippen LogP contribution in [0.5, 0.6) is 0 Å². The zero-order chi connectivity index (χ0) is 23.3. The van der Waals surface area contributed by atoms with E-state index in [4.69, 9.17) is 0 Å². The van der Waals surface area contributed by atoms with Crippen molar-refractivity contribution in [3.05, 3.63) is 59.7 Å². The topological polar surface area (TPSA) is 58.2 Å². The SMILES string of the molecule is CCC(CC)CNC(=O)c1ccccc1SSc1ccccc1C(=O)NCC(CC)CC. The number of hydrogen-bond acceptors (Lipinski definition) is 4. The van der Waals surface area contributed by atoms with Gasteiger partial charge in [0.25, 0.3) is 11.8 Å². The van der Waals surface area contributed by atoms with E-state index in [1.807, 2.05) is 48.5 Å². The van der Waals surface area contributed by atoms with Crippen molar-refractivity contribution in [1.82, 2.24) is 10.6 Å². The smallest absolute Gasteiger partial charge is 0.252 e. The Bertz CT molecular complexity index is 793. The van der Waals surface area contributed by atoms with Crippen molar-refractivity contribution in [3.8, 4) is 0 Å². The molecule has 0 aliphatic heterocycles. The normalized spacial score (nSPS) is 11.1. The molecule has 0 spiro atoms. The molecule has 0 unspecified atom stereocenters. The van der Waals surface area contributed by atoms with Crippen molar-refractivity contribution >= 4 is 33.4 Å². The van der Waals surface area contributed by atoms with Gasteiger partial charge in [-0.15, -0.1) is 0 Å². The molecule has 2 N–H and O–H groups in total. The molecular formula is C26H36N2O2S2. The molecule has 0 heterocycles. The summed E-state index contributed by atoms with van der Waals surface area (Å²) in [6.07, 6.45) is 4.22. The third kappa shape index (κ3) is 7.89. The minimum atomic E-state index is -0.0446. The van der Waals surface area contributed by atoms with E-state index in [0.29, 0.717) is 36.1 Å². The largest absolute Gasteiger partial charge is 0.352 e. The number of hydrogen-bond donors (Lipinski definition) is 2. The molecule has 2 rings (SSSR count). The Morgan fingerprint density at radius 2 is 1.00 bits per heavy atom. The van der Waals surface area contributed by atoms with Crippen LogP contribution in [0.3, 0.4) is 0 Å². The summed E-state index contributed by atoms with van der Waals surface area (Å²) < 4.78 is 0. The summed E-state index contributed by atoms with van der Waals surface area (Å²) in [6.45, 7) is 9.99. The lowest BCUT2D eigenvalue weighted by Gasteiger charge is -2.15. The molecule has 0 radical (unpaired) electrons. The Labute approximate surface area is 201 Å². The molecule has 2 amide bonds. The maximum atomic E-state index is 12.8. The first kappa shape index (κ1) is 26.3. The molecule has 32 heavy (non-hydrogen) atoms. The number of amides is 2. The van der Waals surface area contributed by atoms with E-state index in [-0.39, 0.29) is 11.8 Å². The number of carbonyl (C=O) groups excluding carboxylic acids is 2. The quantitative estimate of drug-likeness (QED) is 0.314. The van der Waals surface area contributed by atoms with Gasteiger partial charge in [0.2, 0.25) is 0 Å². The molecule has 0 aromatic heterocycles. The van der Waals surface area contributed by atoms with E-state index in [1.165, 1.54) is 21.6 Å². The van der Waals surface area contributed by atoms with Gasteiger partial charge >= 0.3 is 0 Å². The highest BCUT2D eigenvalue weighted by Crippen LogP contribution is 2.40. The van der Waals surface area contributed by atoms with Gasteiger partial charge in [0.15, 0.2) is 0 Å². The number of rotatable bonds is 13. The fraction of sp³-hybridized carbons (Fsp3) is 0.462. The summed E-state index contributed by atoms with van der Waals surface area (Å²) in [5.74, 6) is 0.908. The zero-order valence-corrected chi connectivity index (χ0v) is 21.3. The molecule has 4 nitrogen and oxygen atoms in total. The monoisotopic (exact) mass is 472 g/mol. The summed E-state index contributed by atoms with van der Waals surface area (Å²) in [7, 11) is 3.03. The van der Waals surface area contributed by atoms with Crippen LogP contribution in [0, 0.1) is 11.8 Å². The van der Waals surface area contributed by atoms with Gasteiger partial charge < -0.3 is 10.6 Å². The molecule has 0 aliphatic rings. The van der Waals surface area contributed by atoms with Gasteiger partial charge in [-0.3, -0.25) is 9.59 Å². The molecule has 6 heteroatoms. The fourth-order valence-corrected chi connectivity index (χ4v) is 5.72. The van der Waals surface area contributed by atoms with Crippen LogP contribution in [0.15, 0.2) is 58.3 Å². The van der Waals surface area contributed by atoms with Crippen LogP contribution in [0.25, 0.3) is 0 Å². The highest BCUT2D eigenvalue weighted by Gasteiger charge is 2.16. The summed E-state index contributed by atoms with van der Waals surface area (Å²) in [5, 5.41) is 6.16. The lowest BCUT2D eigenvalue weighted by atomic mass is 10.0.